The third kappa shape index (κ3) is 4.22. The molecule has 7 nitrogen and oxygen atoms in total. The minimum absolute atomic E-state index is 0.0237. The number of urea groups is 1. The van der Waals surface area contributed by atoms with E-state index in [1.54, 1.807) is 63.4 Å². The van der Waals surface area contributed by atoms with Crippen LogP contribution in [0.1, 0.15) is 16.8 Å². The lowest BCUT2D eigenvalue weighted by atomic mass is 10.1. The Balaban J connectivity index is 1.53. The van der Waals surface area contributed by atoms with E-state index in [4.69, 9.17) is 0 Å². The number of likely N-dealkylation sites (tertiary alicyclic amines) is 1. The Kier molecular flexibility index (Phi) is 5.06. The lowest BCUT2D eigenvalue weighted by Crippen LogP contribution is -2.42. The predicted molar refractivity (Wildman–Crippen MR) is 104 cm³/mol. The van der Waals surface area contributed by atoms with Gasteiger partial charge in [-0.05, 0) is 30.7 Å². The number of carbonyl (C=O) groups excluding carboxylic acids is 2. The predicted octanol–water partition coefficient (Wildman–Crippen LogP) is 3.53. The number of benzene rings is 1. The molecule has 0 aliphatic carbocycles. The van der Waals surface area contributed by atoms with Crippen LogP contribution in [0.4, 0.5) is 23.7 Å². The maximum atomic E-state index is 12.4. The highest BCUT2D eigenvalue weighted by Gasteiger charge is 2.27. The molecule has 2 N–H and O–H groups in total. The zero-order valence-electron chi connectivity index (χ0n) is 15.7. The van der Waals surface area contributed by atoms with Crippen molar-refractivity contribution in [2.45, 2.75) is 12.6 Å². The summed E-state index contributed by atoms with van der Waals surface area (Å²) in [5.41, 5.74) is 2.92. The van der Waals surface area contributed by atoms with Crippen molar-refractivity contribution in [1.29, 1.82) is 0 Å². The van der Waals surface area contributed by atoms with Crippen molar-refractivity contribution in [2.75, 3.05) is 25.0 Å². The van der Waals surface area contributed by atoms with Crippen molar-refractivity contribution in [2.24, 2.45) is 0 Å². The van der Waals surface area contributed by atoms with Gasteiger partial charge in [-0.1, -0.05) is 12.1 Å². The number of pyridine rings is 1. The fraction of sp³-hybridized carbons (Fsp3) is 0.250. The van der Waals surface area contributed by atoms with Gasteiger partial charge in [0.05, 0.1) is 11.9 Å². The number of hydrogen-bond donors (Lipinski definition) is 2. The highest BCUT2D eigenvalue weighted by atomic mass is 19.4. The molecule has 1 fully saturated rings. The van der Waals surface area contributed by atoms with Crippen LogP contribution in [0.3, 0.4) is 0 Å². The molecule has 156 valence electrons. The number of amides is 3. The van der Waals surface area contributed by atoms with Crippen molar-refractivity contribution in [3.05, 3.63) is 54.4 Å². The molecule has 0 unspecified atom stereocenters. The van der Waals surface area contributed by atoms with E-state index in [1.807, 2.05) is 0 Å². The summed E-state index contributed by atoms with van der Waals surface area (Å²) in [4.78, 5) is 30.2. The van der Waals surface area contributed by atoms with E-state index in [-0.39, 0.29) is 5.91 Å². The largest absolute Gasteiger partial charge is 0.405 e. The van der Waals surface area contributed by atoms with Crippen LogP contribution in [0, 0.1) is 0 Å². The molecule has 1 aliphatic heterocycles. The van der Waals surface area contributed by atoms with E-state index in [1.165, 1.54) is 0 Å². The standard InChI is InChI=1S/C20H18F3N5O2/c21-20(22,23)12-25-19(30)26-15-4-1-3-13(9-15)16-11-24-17-10-14(5-8-28(16)17)18(29)27-6-2-7-27/h1,3-5,8-11H,2,6-7,12H2,(H2,25,26,30). The van der Waals surface area contributed by atoms with Gasteiger partial charge in [0.15, 0.2) is 0 Å². The number of imidazole rings is 1. The number of alkyl halides is 3. The Hall–Kier alpha value is -3.56. The number of nitrogens with zero attached hydrogens (tertiary/aromatic N) is 3. The summed E-state index contributed by atoms with van der Waals surface area (Å²) < 4.78 is 38.5. The first kappa shape index (κ1) is 19.7. The van der Waals surface area contributed by atoms with Crippen LogP contribution in [0.15, 0.2) is 48.8 Å². The fourth-order valence-electron chi connectivity index (χ4n) is 3.14. The molecule has 4 rings (SSSR count). The summed E-state index contributed by atoms with van der Waals surface area (Å²) in [6.07, 6.45) is -0.0808. The zero-order valence-corrected chi connectivity index (χ0v) is 15.7. The Bertz CT molecular complexity index is 1110. The molecule has 3 heterocycles. The van der Waals surface area contributed by atoms with Crippen LogP contribution in [0.25, 0.3) is 16.9 Å². The second kappa shape index (κ2) is 7.69. The number of rotatable bonds is 4. The van der Waals surface area contributed by atoms with Crippen LogP contribution in [0.5, 0.6) is 0 Å². The first-order chi connectivity index (χ1) is 14.3. The van der Waals surface area contributed by atoms with Gasteiger partial charge < -0.3 is 15.5 Å². The Morgan fingerprint density at radius 3 is 2.63 bits per heavy atom. The number of fused-ring (bicyclic) bond motifs is 1. The van der Waals surface area contributed by atoms with Crippen LogP contribution < -0.4 is 10.6 Å². The van der Waals surface area contributed by atoms with Gasteiger partial charge in [0, 0.05) is 36.1 Å². The quantitative estimate of drug-likeness (QED) is 0.682. The number of hydrogen-bond acceptors (Lipinski definition) is 3. The molecule has 0 bridgehead atoms. The van der Waals surface area contributed by atoms with Gasteiger partial charge in [0.2, 0.25) is 0 Å². The van der Waals surface area contributed by atoms with Gasteiger partial charge in [-0.25, -0.2) is 9.78 Å². The molecule has 2 aromatic heterocycles. The van der Waals surface area contributed by atoms with Gasteiger partial charge in [-0.2, -0.15) is 13.2 Å². The van der Waals surface area contributed by atoms with Crippen molar-refractivity contribution < 1.29 is 22.8 Å². The van der Waals surface area contributed by atoms with E-state index in [0.717, 1.165) is 19.5 Å². The average molecular weight is 417 g/mol. The summed E-state index contributed by atoms with van der Waals surface area (Å²) in [6, 6.07) is 9.18. The van der Waals surface area contributed by atoms with Crippen LogP contribution in [-0.2, 0) is 0 Å². The van der Waals surface area contributed by atoms with Crippen molar-refractivity contribution in [1.82, 2.24) is 19.6 Å². The Labute approximate surface area is 169 Å². The Morgan fingerprint density at radius 2 is 1.93 bits per heavy atom. The summed E-state index contributed by atoms with van der Waals surface area (Å²) >= 11 is 0. The molecular weight excluding hydrogens is 399 g/mol. The monoisotopic (exact) mass is 417 g/mol. The van der Waals surface area contributed by atoms with Crippen LogP contribution in [0.2, 0.25) is 0 Å². The van der Waals surface area contributed by atoms with Crippen LogP contribution in [-0.4, -0.2) is 52.0 Å². The van der Waals surface area contributed by atoms with Gasteiger partial charge in [0.1, 0.15) is 12.2 Å². The smallest absolute Gasteiger partial charge is 0.339 e. The van der Waals surface area contributed by atoms with Crippen molar-refractivity contribution in [3.63, 3.8) is 0 Å². The summed E-state index contributed by atoms with van der Waals surface area (Å²) in [5.74, 6) is -0.0237. The normalized spacial score (nSPS) is 13.8. The highest BCUT2D eigenvalue weighted by Crippen LogP contribution is 2.25. The molecule has 1 aliphatic rings. The lowest BCUT2D eigenvalue weighted by molar-refractivity contribution is -0.122. The van der Waals surface area contributed by atoms with E-state index >= 15 is 0 Å². The van der Waals surface area contributed by atoms with Gasteiger partial charge in [-0.3, -0.25) is 9.20 Å². The zero-order chi connectivity index (χ0) is 21.3. The first-order valence-corrected chi connectivity index (χ1v) is 9.28. The maximum absolute atomic E-state index is 12.4. The minimum Gasteiger partial charge on any atom is -0.339 e. The third-order valence-corrected chi connectivity index (χ3v) is 4.77. The average Bonchev–Trinajstić information content (AvgIpc) is 3.08. The summed E-state index contributed by atoms with van der Waals surface area (Å²) in [6.45, 7) is 0.115. The second-order valence-corrected chi connectivity index (χ2v) is 6.94. The molecule has 3 amide bonds. The highest BCUT2D eigenvalue weighted by molar-refractivity contribution is 5.95. The fourth-order valence-corrected chi connectivity index (χ4v) is 3.14. The second-order valence-electron chi connectivity index (χ2n) is 6.94. The molecular formula is C20H18F3N5O2. The minimum atomic E-state index is -4.48. The summed E-state index contributed by atoms with van der Waals surface area (Å²) in [5, 5.41) is 4.15. The van der Waals surface area contributed by atoms with E-state index in [0.29, 0.717) is 28.2 Å². The number of nitrogens with one attached hydrogen (secondary N) is 2. The topological polar surface area (TPSA) is 78.7 Å². The number of aromatic nitrogens is 2. The molecule has 0 saturated carbocycles. The molecule has 0 spiro atoms. The van der Waals surface area contributed by atoms with Crippen LogP contribution >= 0.6 is 0 Å². The molecule has 1 aromatic carbocycles. The third-order valence-electron chi connectivity index (χ3n) is 4.77. The molecule has 3 aromatic rings. The lowest BCUT2D eigenvalue weighted by Gasteiger charge is -2.30. The molecule has 0 radical (unpaired) electrons. The van der Waals surface area contributed by atoms with E-state index in [2.05, 4.69) is 10.3 Å². The number of halogens is 3. The van der Waals surface area contributed by atoms with Crippen molar-refractivity contribution >= 4 is 23.3 Å². The van der Waals surface area contributed by atoms with Gasteiger partial charge in [0.25, 0.3) is 5.91 Å². The number of anilines is 1. The molecule has 1 saturated heterocycles. The summed E-state index contributed by atoms with van der Waals surface area (Å²) in [7, 11) is 0. The van der Waals surface area contributed by atoms with E-state index < -0.39 is 18.8 Å². The number of carbonyl (C=O) groups is 2. The maximum Gasteiger partial charge on any atom is 0.405 e. The van der Waals surface area contributed by atoms with E-state index in [9.17, 15) is 22.8 Å². The van der Waals surface area contributed by atoms with Gasteiger partial charge >= 0.3 is 12.2 Å². The molecule has 30 heavy (non-hydrogen) atoms. The SMILES string of the molecule is O=C(NCC(F)(F)F)Nc1cccc(-c2cnc3cc(C(=O)N4CCC4)ccn23)c1. The van der Waals surface area contributed by atoms with Crippen molar-refractivity contribution in [3.8, 4) is 11.3 Å². The van der Waals surface area contributed by atoms with Gasteiger partial charge in [-0.15, -0.1) is 0 Å². The molecule has 0 atom stereocenters. The Morgan fingerprint density at radius 1 is 1.13 bits per heavy atom. The first-order valence-electron chi connectivity index (χ1n) is 9.28. The molecule has 10 heteroatoms.